The number of hydrogen-bond acceptors (Lipinski definition) is 4. The van der Waals surface area contributed by atoms with Crippen LogP contribution in [0.1, 0.15) is 13.3 Å². The Morgan fingerprint density at radius 3 is 2.15 bits per heavy atom. The number of benzene rings is 2. The highest BCUT2D eigenvalue weighted by Gasteiger charge is 2.32. The van der Waals surface area contributed by atoms with E-state index in [9.17, 15) is 0 Å². The molecule has 1 N–H and O–H groups in total. The molecule has 0 radical (unpaired) electrons. The van der Waals surface area contributed by atoms with E-state index in [4.69, 9.17) is 13.8 Å². The summed E-state index contributed by atoms with van der Waals surface area (Å²) in [5, 5.41) is 4.42. The molecule has 2 unspecified atom stereocenters. The van der Waals surface area contributed by atoms with Crippen molar-refractivity contribution < 1.29 is 13.8 Å². The molecule has 0 aliphatic carbocycles. The molecule has 3 rings (SSSR count). The molecule has 0 aromatic heterocycles. The fourth-order valence-corrected chi connectivity index (χ4v) is 4.59. The molecule has 142 valence electrons. The van der Waals surface area contributed by atoms with Gasteiger partial charge in [0.2, 0.25) is 0 Å². The van der Waals surface area contributed by atoms with E-state index in [1.54, 1.807) is 0 Å². The molecule has 0 amide bonds. The summed E-state index contributed by atoms with van der Waals surface area (Å²) in [6.45, 7) is 8.38. The predicted molar refractivity (Wildman–Crippen MR) is 110 cm³/mol. The fraction of sp³-hybridized carbons (Fsp3) is 0.318. The first-order valence-corrected chi connectivity index (χ1v) is 10.5. The van der Waals surface area contributed by atoms with E-state index >= 15 is 0 Å². The van der Waals surface area contributed by atoms with E-state index in [1.807, 2.05) is 67.6 Å². The molecule has 0 spiro atoms. The van der Waals surface area contributed by atoms with Crippen LogP contribution in [0, 0.1) is 5.92 Å². The SMILES string of the molecule is C=C=C(C1CNCC(OCC)C1)P(Oc1ccccc1)Oc1ccccc1. The van der Waals surface area contributed by atoms with Crippen LogP contribution in [0.4, 0.5) is 0 Å². The lowest BCUT2D eigenvalue weighted by atomic mass is 9.97. The summed E-state index contributed by atoms with van der Waals surface area (Å²) in [6, 6.07) is 19.5. The van der Waals surface area contributed by atoms with Crippen LogP contribution in [0.15, 0.2) is 78.3 Å². The van der Waals surface area contributed by atoms with Crippen molar-refractivity contribution in [2.24, 2.45) is 5.92 Å². The summed E-state index contributed by atoms with van der Waals surface area (Å²) in [5.41, 5.74) is 3.12. The molecule has 2 atom stereocenters. The highest BCUT2D eigenvalue weighted by atomic mass is 31.2. The highest BCUT2D eigenvalue weighted by molar-refractivity contribution is 7.52. The van der Waals surface area contributed by atoms with Crippen LogP contribution in [0.25, 0.3) is 0 Å². The van der Waals surface area contributed by atoms with Crippen molar-refractivity contribution in [3.8, 4) is 11.5 Å². The number of piperidine rings is 1. The third kappa shape index (κ3) is 5.69. The van der Waals surface area contributed by atoms with E-state index in [-0.39, 0.29) is 12.0 Å². The third-order valence-corrected chi connectivity index (χ3v) is 6.01. The van der Waals surface area contributed by atoms with Crippen molar-refractivity contribution in [2.45, 2.75) is 19.4 Å². The summed E-state index contributed by atoms with van der Waals surface area (Å²) < 4.78 is 18.3. The first kappa shape index (κ1) is 19.7. The van der Waals surface area contributed by atoms with E-state index in [1.165, 1.54) is 0 Å². The van der Waals surface area contributed by atoms with Crippen LogP contribution in [-0.2, 0) is 4.74 Å². The number of rotatable bonds is 8. The molecule has 1 fully saturated rings. The Balaban J connectivity index is 1.81. The minimum absolute atomic E-state index is 0.183. The van der Waals surface area contributed by atoms with Gasteiger partial charge in [-0.15, -0.1) is 5.73 Å². The van der Waals surface area contributed by atoms with Crippen molar-refractivity contribution in [1.29, 1.82) is 0 Å². The van der Waals surface area contributed by atoms with Gasteiger partial charge in [0, 0.05) is 25.6 Å². The van der Waals surface area contributed by atoms with Gasteiger partial charge in [0.1, 0.15) is 11.5 Å². The topological polar surface area (TPSA) is 39.7 Å². The van der Waals surface area contributed by atoms with Gasteiger partial charge in [-0.3, -0.25) is 0 Å². The first-order chi connectivity index (χ1) is 13.3. The van der Waals surface area contributed by atoms with Gasteiger partial charge in [0.15, 0.2) is 0 Å². The molecule has 0 bridgehead atoms. The monoisotopic (exact) mass is 383 g/mol. The van der Waals surface area contributed by atoms with Gasteiger partial charge in [-0.1, -0.05) is 43.0 Å². The van der Waals surface area contributed by atoms with E-state index < -0.39 is 8.38 Å². The average Bonchev–Trinajstić information content (AvgIpc) is 2.71. The molecule has 0 saturated carbocycles. The zero-order valence-corrected chi connectivity index (χ0v) is 16.5. The Labute approximate surface area is 162 Å². The van der Waals surface area contributed by atoms with Gasteiger partial charge in [0.25, 0.3) is 0 Å². The summed E-state index contributed by atoms with van der Waals surface area (Å²) in [7, 11) is -1.38. The number of ether oxygens (including phenoxy) is 1. The van der Waals surface area contributed by atoms with Gasteiger partial charge in [-0.25, -0.2) is 0 Å². The summed E-state index contributed by atoms with van der Waals surface area (Å²) >= 11 is 0. The second-order valence-corrected chi connectivity index (χ2v) is 7.66. The van der Waals surface area contributed by atoms with Crippen molar-refractivity contribution in [2.75, 3.05) is 19.7 Å². The Morgan fingerprint density at radius 2 is 1.63 bits per heavy atom. The molecule has 4 nitrogen and oxygen atoms in total. The Morgan fingerprint density at radius 1 is 1.04 bits per heavy atom. The van der Waals surface area contributed by atoms with Gasteiger partial charge < -0.3 is 19.1 Å². The number of nitrogens with one attached hydrogen (secondary N) is 1. The molecule has 27 heavy (non-hydrogen) atoms. The molecular weight excluding hydrogens is 357 g/mol. The Hall–Kier alpha value is -2.09. The smallest absolute Gasteiger partial charge is 0.330 e. The molecule has 2 aromatic carbocycles. The summed E-state index contributed by atoms with van der Waals surface area (Å²) in [5.74, 6) is 1.76. The quantitative estimate of drug-likeness (QED) is 0.506. The second kappa shape index (κ2) is 10.3. The van der Waals surface area contributed by atoms with Gasteiger partial charge in [-0.05, 0) is 37.6 Å². The Kier molecular flexibility index (Phi) is 7.50. The van der Waals surface area contributed by atoms with Crippen molar-refractivity contribution in [3.05, 3.63) is 78.3 Å². The third-order valence-electron chi connectivity index (χ3n) is 4.34. The molecule has 1 aliphatic rings. The standard InChI is InChI=1S/C22H26NO3P/c1-3-22(18-15-21(24-4-2)17-23-16-18)27(25-19-11-7-5-8-12-19)26-20-13-9-6-10-14-20/h5-14,18,21,23H,1,4,15-17H2,2H3. The predicted octanol–water partition coefficient (Wildman–Crippen LogP) is 5.14. The van der Waals surface area contributed by atoms with Crippen LogP contribution >= 0.6 is 8.38 Å². The second-order valence-electron chi connectivity index (χ2n) is 6.30. The van der Waals surface area contributed by atoms with Crippen LogP contribution in [0.3, 0.4) is 0 Å². The fourth-order valence-electron chi connectivity index (χ4n) is 3.10. The summed E-state index contributed by atoms with van der Waals surface area (Å²) in [6.07, 6.45) is 1.09. The minimum Gasteiger partial charge on any atom is -0.435 e. The van der Waals surface area contributed by atoms with Crippen LogP contribution in [0.5, 0.6) is 11.5 Å². The molecular formula is C22H26NO3P. The zero-order chi connectivity index (χ0) is 18.9. The highest BCUT2D eigenvalue weighted by Crippen LogP contribution is 2.51. The first-order valence-electron chi connectivity index (χ1n) is 9.28. The number of para-hydroxylation sites is 2. The summed E-state index contributed by atoms with van der Waals surface area (Å²) in [4.78, 5) is 0. The average molecular weight is 383 g/mol. The maximum absolute atomic E-state index is 6.25. The van der Waals surface area contributed by atoms with Gasteiger partial charge >= 0.3 is 8.38 Å². The van der Waals surface area contributed by atoms with E-state index in [2.05, 4.69) is 17.6 Å². The molecule has 2 aromatic rings. The largest absolute Gasteiger partial charge is 0.435 e. The number of hydrogen-bond donors (Lipinski definition) is 1. The molecule has 5 heteroatoms. The lowest BCUT2D eigenvalue weighted by molar-refractivity contribution is 0.0357. The van der Waals surface area contributed by atoms with Gasteiger partial charge in [0.05, 0.1) is 11.4 Å². The lowest BCUT2D eigenvalue weighted by Crippen LogP contribution is -2.41. The van der Waals surface area contributed by atoms with E-state index in [0.29, 0.717) is 6.61 Å². The van der Waals surface area contributed by atoms with Crippen molar-refractivity contribution in [3.63, 3.8) is 0 Å². The normalized spacial score (nSPS) is 19.3. The van der Waals surface area contributed by atoms with Crippen LogP contribution < -0.4 is 14.4 Å². The van der Waals surface area contributed by atoms with Crippen LogP contribution in [-0.4, -0.2) is 25.8 Å². The molecule has 1 aliphatic heterocycles. The molecule has 1 heterocycles. The van der Waals surface area contributed by atoms with Crippen molar-refractivity contribution in [1.82, 2.24) is 5.32 Å². The van der Waals surface area contributed by atoms with E-state index in [0.717, 1.165) is 36.3 Å². The van der Waals surface area contributed by atoms with Crippen LogP contribution in [0.2, 0.25) is 0 Å². The molecule has 1 saturated heterocycles. The van der Waals surface area contributed by atoms with Gasteiger partial charge in [-0.2, -0.15) is 0 Å². The minimum atomic E-state index is -1.38. The maximum Gasteiger partial charge on any atom is 0.330 e. The van der Waals surface area contributed by atoms with Crippen molar-refractivity contribution >= 4 is 8.38 Å². The Bertz CT molecular complexity index is 703. The maximum atomic E-state index is 6.25. The zero-order valence-electron chi connectivity index (χ0n) is 15.6. The lowest BCUT2D eigenvalue weighted by Gasteiger charge is -2.32.